The number of carbonyl (C=O) groups excluding carboxylic acids is 2. The maximum Gasteiger partial charge on any atom is 2.00 e. The van der Waals surface area contributed by atoms with Crippen LogP contribution in [0.5, 0.6) is 0 Å². The number of aliphatic carboxylic acids is 2. The molecule has 43 heavy (non-hydrogen) atoms. The minimum absolute atomic E-state index is 0. The summed E-state index contributed by atoms with van der Waals surface area (Å²) in [7, 11) is 0. The van der Waals surface area contributed by atoms with E-state index in [4.69, 9.17) is 0 Å². The van der Waals surface area contributed by atoms with Crippen molar-refractivity contribution in [1.29, 1.82) is 0 Å². The molecule has 0 atom stereocenters. The SMILES string of the molecule is C=C.CCCCCCCCCCCCCCCCCC(=O)[O-].CCCCCCCCCCCCCCCCCC(=O)[O-].[Zn+2]. The van der Waals surface area contributed by atoms with Crippen molar-refractivity contribution in [3.63, 3.8) is 0 Å². The zero-order valence-electron chi connectivity index (χ0n) is 29.4. The van der Waals surface area contributed by atoms with Crippen LogP contribution >= 0.6 is 0 Å². The first-order valence-corrected chi connectivity index (χ1v) is 18.4. The average molecular weight is 660 g/mol. The summed E-state index contributed by atoms with van der Waals surface area (Å²) in [5.41, 5.74) is 0. The molecule has 5 heteroatoms. The minimum atomic E-state index is -0.903. The molecule has 0 aromatic heterocycles. The Hall–Kier alpha value is -0.697. The molecule has 0 aliphatic carbocycles. The second kappa shape index (κ2) is 48.2. The van der Waals surface area contributed by atoms with Crippen molar-refractivity contribution < 1.29 is 39.3 Å². The van der Waals surface area contributed by atoms with Crippen LogP contribution in [0, 0.1) is 0 Å². The van der Waals surface area contributed by atoms with Crippen molar-refractivity contribution in [3.8, 4) is 0 Å². The van der Waals surface area contributed by atoms with Gasteiger partial charge in [-0.1, -0.05) is 194 Å². The third kappa shape index (κ3) is 57.5. The smallest absolute Gasteiger partial charge is 0.550 e. The molecule has 0 aliphatic heterocycles. The monoisotopic (exact) mass is 658 g/mol. The Morgan fingerprint density at radius 1 is 0.349 bits per heavy atom. The number of carbonyl (C=O) groups is 2. The van der Waals surface area contributed by atoms with Crippen molar-refractivity contribution in [2.75, 3.05) is 0 Å². The van der Waals surface area contributed by atoms with Gasteiger partial charge in [-0.3, -0.25) is 0 Å². The van der Waals surface area contributed by atoms with Gasteiger partial charge >= 0.3 is 19.5 Å². The van der Waals surface area contributed by atoms with Crippen molar-refractivity contribution in [1.82, 2.24) is 0 Å². The fraction of sp³-hybridized carbons (Fsp3) is 0.895. The maximum atomic E-state index is 10.2. The Bertz CT molecular complexity index is 468. The van der Waals surface area contributed by atoms with Gasteiger partial charge < -0.3 is 19.8 Å². The predicted octanol–water partition coefficient (Wildman–Crippen LogP) is 10.8. The van der Waals surface area contributed by atoms with Crippen molar-refractivity contribution >= 4 is 11.9 Å². The number of rotatable bonds is 32. The zero-order chi connectivity index (χ0) is 31.8. The molecule has 0 fully saturated rings. The first kappa shape index (κ1) is 49.2. The summed E-state index contributed by atoms with van der Waals surface area (Å²) in [6.07, 6.45) is 39.7. The summed E-state index contributed by atoms with van der Waals surface area (Å²) >= 11 is 0. The van der Waals surface area contributed by atoms with Gasteiger partial charge in [0, 0.05) is 11.9 Å². The molecular formula is C38H74O4Zn. The van der Waals surface area contributed by atoms with E-state index in [1.54, 1.807) is 0 Å². The average Bonchev–Trinajstić information content (AvgIpc) is 2.98. The van der Waals surface area contributed by atoms with Crippen LogP contribution in [-0.4, -0.2) is 11.9 Å². The summed E-state index contributed by atoms with van der Waals surface area (Å²) in [5.74, 6) is -1.81. The molecule has 0 aromatic rings. The summed E-state index contributed by atoms with van der Waals surface area (Å²) in [6, 6.07) is 0. The summed E-state index contributed by atoms with van der Waals surface area (Å²) < 4.78 is 0. The molecule has 0 aliphatic rings. The van der Waals surface area contributed by atoms with E-state index in [-0.39, 0.29) is 32.3 Å². The van der Waals surface area contributed by atoms with Gasteiger partial charge in [-0.05, 0) is 25.7 Å². The van der Waals surface area contributed by atoms with Gasteiger partial charge in [0.1, 0.15) is 0 Å². The number of hydrogen-bond acceptors (Lipinski definition) is 4. The quantitative estimate of drug-likeness (QED) is 0.0409. The molecular weight excluding hydrogens is 586 g/mol. The molecule has 0 heterocycles. The molecule has 0 amide bonds. The Kier molecular flexibility index (Phi) is 55.2. The third-order valence-electron chi connectivity index (χ3n) is 7.97. The number of hydrogen-bond donors (Lipinski definition) is 0. The number of carboxylic acids is 2. The Balaban J connectivity index is -0.000000327. The largest absolute Gasteiger partial charge is 2.00 e. The van der Waals surface area contributed by atoms with Crippen molar-refractivity contribution in [3.05, 3.63) is 13.2 Å². The molecule has 0 unspecified atom stereocenters. The van der Waals surface area contributed by atoms with Crippen LogP contribution in [0.3, 0.4) is 0 Å². The van der Waals surface area contributed by atoms with Gasteiger partial charge in [-0.2, -0.15) is 0 Å². The molecule has 0 saturated carbocycles. The van der Waals surface area contributed by atoms with E-state index in [2.05, 4.69) is 27.0 Å². The van der Waals surface area contributed by atoms with Gasteiger partial charge in [0.25, 0.3) is 0 Å². The molecule has 0 rings (SSSR count). The van der Waals surface area contributed by atoms with E-state index < -0.39 is 11.9 Å². The summed E-state index contributed by atoms with van der Waals surface area (Å²) in [4.78, 5) is 20.4. The van der Waals surface area contributed by atoms with E-state index in [9.17, 15) is 19.8 Å². The summed E-state index contributed by atoms with van der Waals surface area (Å²) in [6.45, 7) is 10.5. The van der Waals surface area contributed by atoms with E-state index in [0.717, 1.165) is 25.7 Å². The van der Waals surface area contributed by atoms with Crippen LogP contribution in [0.4, 0.5) is 0 Å². The van der Waals surface area contributed by atoms with Crippen LogP contribution in [0.2, 0.25) is 0 Å². The van der Waals surface area contributed by atoms with Gasteiger partial charge in [0.05, 0.1) is 0 Å². The van der Waals surface area contributed by atoms with Gasteiger partial charge in [0.15, 0.2) is 0 Å². The molecule has 0 saturated heterocycles. The number of unbranched alkanes of at least 4 members (excludes halogenated alkanes) is 28. The van der Waals surface area contributed by atoms with Crippen LogP contribution in [0.25, 0.3) is 0 Å². The van der Waals surface area contributed by atoms with Crippen LogP contribution in [0.1, 0.15) is 219 Å². The third-order valence-corrected chi connectivity index (χ3v) is 7.97. The predicted molar refractivity (Wildman–Crippen MR) is 180 cm³/mol. The van der Waals surface area contributed by atoms with E-state index in [1.165, 1.54) is 167 Å². The summed E-state index contributed by atoms with van der Waals surface area (Å²) in [5, 5.41) is 20.4. The van der Waals surface area contributed by atoms with E-state index in [1.807, 2.05) is 0 Å². The fourth-order valence-electron chi connectivity index (χ4n) is 5.28. The van der Waals surface area contributed by atoms with E-state index >= 15 is 0 Å². The van der Waals surface area contributed by atoms with Crippen LogP contribution in [-0.2, 0) is 29.1 Å². The second-order valence-electron chi connectivity index (χ2n) is 12.1. The first-order valence-electron chi connectivity index (χ1n) is 18.4. The van der Waals surface area contributed by atoms with Crippen molar-refractivity contribution in [2.24, 2.45) is 0 Å². The Morgan fingerprint density at radius 2 is 0.488 bits per heavy atom. The molecule has 4 nitrogen and oxygen atoms in total. The van der Waals surface area contributed by atoms with Crippen LogP contribution in [0.15, 0.2) is 13.2 Å². The van der Waals surface area contributed by atoms with E-state index in [0.29, 0.717) is 0 Å². The molecule has 0 aromatic carbocycles. The van der Waals surface area contributed by atoms with Crippen LogP contribution < -0.4 is 10.2 Å². The maximum absolute atomic E-state index is 10.2. The Morgan fingerprint density at radius 3 is 0.628 bits per heavy atom. The molecule has 0 bridgehead atoms. The normalized spacial score (nSPS) is 10.2. The van der Waals surface area contributed by atoms with Gasteiger partial charge in [-0.25, -0.2) is 0 Å². The first-order chi connectivity index (χ1) is 20.5. The molecule has 0 N–H and O–H groups in total. The second-order valence-corrected chi connectivity index (χ2v) is 12.1. The fourth-order valence-corrected chi connectivity index (χ4v) is 5.28. The zero-order valence-corrected chi connectivity index (χ0v) is 32.3. The number of carboxylic acid groups (broad SMARTS) is 2. The standard InChI is InChI=1S/2C18H36O2.C2H4.Zn/c2*1-2-3-4-5-6-7-8-9-10-11-12-13-14-15-16-17-18(19)20;1-2;/h2*2-17H2,1H3,(H,19,20);1-2H2;/q;;;+2/p-2. The van der Waals surface area contributed by atoms with Gasteiger partial charge in [0.2, 0.25) is 0 Å². The topological polar surface area (TPSA) is 80.3 Å². The molecule has 252 valence electrons. The molecule has 0 spiro atoms. The Labute approximate surface area is 282 Å². The minimum Gasteiger partial charge on any atom is -0.550 e. The van der Waals surface area contributed by atoms with Crippen molar-refractivity contribution in [2.45, 2.75) is 219 Å². The van der Waals surface area contributed by atoms with Gasteiger partial charge in [-0.15, -0.1) is 13.2 Å². The molecule has 0 radical (unpaired) electrons.